The van der Waals surface area contributed by atoms with Crippen molar-refractivity contribution in [3.63, 3.8) is 0 Å². The molecule has 2 heteroatoms. The van der Waals surface area contributed by atoms with Crippen molar-refractivity contribution in [1.29, 1.82) is 0 Å². The van der Waals surface area contributed by atoms with Gasteiger partial charge in [-0.2, -0.15) is 0 Å². The highest BCUT2D eigenvalue weighted by atomic mass is 16.5. The van der Waals surface area contributed by atoms with Crippen LogP contribution in [0.3, 0.4) is 0 Å². The van der Waals surface area contributed by atoms with Crippen LogP contribution in [-0.4, -0.2) is 12.6 Å². The molecular weight excluding hydrogens is 152 g/mol. The molecule has 0 saturated carbocycles. The van der Waals surface area contributed by atoms with Crippen molar-refractivity contribution in [2.45, 2.75) is 41.0 Å². The third-order valence-corrected chi connectivity index (χ3v) is 2.26. The van der Waals surface area contributed by atoms with E-state index >= 15 is 0 Å². The number of hydrogen-bond acceptors (Lipinski definition) is 2. The molecule has 0 amide bonds. The van der Waals surface area contributed by atoms with E-state index in [2.05, 4.69) is 27.7 Å². The zero-order valence-electron chi connectivity index (χ0n) is 8.81. The van der Waals surface area contributed by atoms with Crippen molar-refractivity contribution in [3.8, 4) is 0 Å². The lowest BCUT2D eigenvalue weighted by molar-refractivity contribution is -0.145. The lowest BCUT2D eigenvalue weighted by Gasteiger charge is -2.26. The van der Waals surface area contributed by atoms with Gasteiger partial charge in [0.15, 0.2) is 0 Å². The average Bonchev–Trinajstić information content (AvgIpc) is 1.85. The predicted molar refractivity (Wildman–Crippen MR) is 49.9 cm³/mol. The quantitative estimate of drug-likeness (QED) is 0.612. The normalized spacial score (nSPS) is 14.1. The molecule has 72 valence electrons. The third kappa shape index (κ3) is 4.37. The van der Waals surface area contributed by atoms with Gasteiger partial charge in [-0.1, -0.05) is 27.7 Å². The highest BCUT2D eigenvalue weighted by Crippen LogP contribution is 2.28. The molecule has 0 aromatic carbocycles. The van der Waals surface area contributed by atoms with E-state index in [0.29, 0.717) is 18.9 Å². The van der Waals surface area contributed by atoms with Gasteiger partial charge in [-0.25, -0.2) is 0 Å². The molecule has 0 bridgehead atoms. The molecule has 0 rings (SSSR count). The van der Waals surface area contributed by atoms with Crippen molar-refractivity contribution >= 4 is 5.97 Å². The average molecular weight is 172 g/mol. The molecule has 0 saturated heterocycles. The molecule has 1 atom stereocenters. The molecular formula is C10H20O2. The minimum absolute atomic E-state index is 0.0834. The molecule has 0 radical (unpaired) electrons. The molecule has 0 heterocycles. The van der Waals surface area contributed by atoms with Gasteiger partial charge in [0.2, 0.25) is 0 Å². The Morgan fingerprint density at radius 2 is 1.92 bits per heavy atom. The Kier molecular flexibility index (Phi) is 4.29. The van der Waals surface area contributed by atoms with E-state index in [-0.39, 0.29) is 11.4 Å². The molecule has 2 nitrogen and oxygen atoms in total. The minimum atomic E-state index is -0.0834. The van der Waals surface area contributed by atoms with E-state index in [1.165, 1.54) is 0 Å². The molecule has 0 fully saturated rings. The smallest absolute Gasteiger partial charge is 0.306 e. The van der Waals surface area contributed by atoms with Crippen molar-refractivity contribution in [1.82, 2.24) is 0 Å². The van der Waals surface area contributed by atoms with Crippen molar-refractivity contribution in [3.05, 3.63) is 0 Å². The minimum Gasteiger partial charge on any atom is -0.466 e. The monoisotopic (exact) mass is 172 g/mol. The van der Waals surface area contributed by atoms with Crippen LogP contribution in [0.1, 0.15) is 41.0 Å². The Labute approximate surface area is 75.3 Å². The lowest BCUT2D eigenvalue weighted by Crippen LogP contribution is -2.21. The Hall–Kier alpha value is -0.530. The summed E-state index contributed by atoms with van der Waals surface area (Å²) in [5, 5.41) is 0. The summed E-state index contributed by atoms with van der Waals surface area (Å²) in [5.41, 5.74) is 0.187. The second-order valence-electron chi connectivity index (χ2n) is 4.28. The second kappa shape index (κ2) is 4.48. The fourth-order valence-corrected chi connectivity index (χ4v) is 0.776. The first kappa shape index (κ1) is 11.5. The van der Waals surface area contributed by atoms with Crippen LogP contribution in [0, 0.1) is 11.3 Å². The lowest BCUT2D eigenvalue weighted by atomic mass is 9.80. The predicted octanol–water partition coefficient (Wildman–Crippen LogP) is 2.62. The number of carbonyl (C=O) groups is 1. The SMILES string of the molecule is CCOC(=O)C[C@@H](C)C(C)(C)C. The van der Waals surface area contributed by atoms with Crippen LogP contribution in [0.5, 0.6) is 0 Å². The van der Waals surface area contributed by atoms with Gasteiger partial charge in [0.25, 0.3) is 0 Å². The van der Waals surface area contributed by atoms with Crippen LogP contribution in [0.2, 0.25) is 0 Å². The third-order valence-electron chi connectivity index (χ3n) is 2.26. The van der Waals surface area contributed by atoms with Gasteiger partial charge >= 0.3 is 5.97 Å². The number of carbonyl (C=O) groups excluding carboxylic acids is 1. The molecule has 12 heavy (non-hydrogen) atoms. The summed E-state index contributed by atoms with van der Waals surface area (Å²) in [6.07, 6.45) is 0.525. The van der Waals surface area contributed by atoms with Crippen LogP contribution in [0.15, 0.2) is 0 Å². The first-order chi connectivity index (χ1) is 5.38. The molecule has 0 aromatic heterocycles. The molecule has 0 aliphatic carbocycles. The van der Waals surface area contributed by atoms with Crippen LogP contribution in [-0.2, 0) is 9.53 Å². The molecule has 0 spiro atoms. The zero-order chi connectivity index (χ0) is 9.78. The molecule has 0 unspecified atom stereocenters. The Bertz CT molecular complexity index is 144. The van der Waals surface area contributed by atoms with Crippen LogP contribution >= 0.6 is 0 Å². The summed E-state index contributed by atoms with van der Waals surface area (Å²) >= 11 is 0. The maximum absolute atomic E-state index is 11.1. The summed E-state index contributed by atoms with van der Waals surface area (Å²) in [6, 6.07) is 0. The highest BCUT2D eigenvalue weighted by Gasteiger charge is 2.22. The van der Waals surface area contributed by atoms with Crippen LogP contribution in [0.25, 0.3) is 0 Å². The van der Waals surface area contributed by atoms with Gasteiger partial charge < -0.3 is 4.74 Å². The summed E-state index contributed by atoms with van der Waals surface area (Å²) in [5.74, 6) is 0.288. The number of hydrogen-bond donors (Lipinski definition) is 0. The van der Waals surface area contributed by atoms with Gasteiger partial charge in [-0.3, -0.25) is 4.79 Å². The largest absolute Gasteiger partial charge is 0.466 e. The Balaban J connectivity index is 3.84. The molecule has 0 N–H and O–H groups in total. The fraction of sp³-hybridized carbons (Fsp3) is 0.900. The van der Waals surface area contributed by atoms with E-state index in [1.54, 1.807) is 0 Å². The zero-order valence-corrected chi connectivity index (χ0v) is 8.81. The Morgan fingerprint density at radius 3 is 2.25 bits per heavy atom. The summed E-state index contributed by atoms with van der Waals surface area (Å²) in [6.45, 7) is 10.8. The van der Waals surface area contributed by atoms with Crippen LogP contribution in [0.4, 0.5) is 0 Å². The van der Waals surface area contributed by atoms with Crippen molar-refractivity contribution in [2.75, 3.05) is 6.61 Å². The number of rotatable bonds is 3. The first-order valence-corrected chi connectivity index (χ1v) is 4.53. The van der Waals surface area contributed by atoms with E-state index in [1.807, 2.05) is 6.92 Å². The van der Waals surface area contributed by atoms with E-state index < -0.39 is 0 Å². The fourth-order valence-electron chi connectivity index (χ4n) is 0.776. The van der Waals surface area contributed by atoms with Gasteiger partial charge in [0, 0.05) is 6.42 Å². The first-order valence-electron chi connectivity index (χ1n) is 4.53. The molecule has 0 aliphatic heterocycles. The topological polar surface area (TPSA) is 26.3 Å². The number of esters is 1. The summed E-state index contributed by atoms with van der Waals surface area (Å²) in [4.78, 5) is 11.1. The summed E-state index contributed by atoms with van der Waals surface area (Å²) < 4.78 is 4.87. The van der Waals surface area contributed by atoms with Gasteiger partial charge in [-0.05, 0) is 18.3 Å². The second-order valence-corrected chi connectivity index (χ2v) is 4.28. The summed E-state index contributed by atoms with van der Waals surface area (Å²) in [7, 11) is 0. The van der Waals surface area contributed by atoms with Gasteiger partial charge in [-0.15, -0.1) is 0 Å². The van der Waals surface area contributed by atoms with Crippen LogP contribution < -0.4 is 0 Å². The highest BCUT2D eigenvalue weighted by molar-refractivity contribution is 5.69. The van der Waals surface area contributed by atoms with E-state index in [9.17, 15) is 4.79 Å². The number of ether oxygens (including phenoxy) is 1. The maximum atomic E-state index is 11.1. The van der Waals surface area contributed by atoms with Gasteiger partial charge in [0.1, 0.15) is 0 Å². The molecule has 0 aromatic rings. The maximum Gasteiger partial charge on any atom is 0.306 e. The van der Waals surface area contributed by atoms with E-state index in [0.717, 1.165) is 0 Å². The van der Waals surface area contributed by atoms with Crippen molar-refractivity contribution in [2.24, 2.45) is 11.3 Å². The standard InChI is InChI=1S/C10H20O2/c1-6-12-9(11)7-8(2)10(3,4)5/h8H,6-7H2,1-5H3/t8-/m1/s1. The van der Waals surface area contributed by atoms with Crippen molar-refractivity contribution < 1.29 is 9.53 Å². The van der Waals surface area contributed by atoms with E-state index in [4.69, 9.17) is 4.74 Å². The Morgan fingerprint density at radius 1 is 1.42 bits per heavy atom. The molecule has 0 aliphatic rings. The van der Waals surface area contributed by atoms with Gasteiger partial charge in [0.05, 0.1) is 6.61 Å².